The van der Waals surface area contributed by atoms with Gasteiger partial charge in [0.25, 0.3) is 0 Å². The number of aromatic nitrogens is 2. The quantitative estimate of drug-likeness (QED) is 0.799. The van der Waals surface area contributed by atoms with E-state index in [0.29, 0.717) is 34.2 Å². The summed E-state index contributed by atoms with van der Waals surface area (Å²) < 4.78 is 16.5. The smallest absolute Gasteiger partial charge is 0.128 e. The second-order valence-corrected chi connectivity index (χ2v) is 6.88. The summed E-state index contributed by atoms with van der Waals surface area (Å²) in [5, 5.41) is 0.439. The molecule has 0 atom stereocenters. The van der Waals surface area contributed by atoms with Gasteiger partial charge in [-0.05, 0) is 31.4 Å². The van der Waals surface area contributed by atoms with Gasteiger partial charge < -0.3 is 16.0 Å². The summed E-state index contributed by atoms with van der Waals surface area (Å²) >= 11 is 6.33. The van der Waals surface area contributed by atoms with Gasteiger partial charge in [-0.2, -0.15) is 0 Å². The number of hydrogen-bond donors (Lipinski definition) is 2. The van der Waals surface area contributed by atoms with Crippen molar-refractivity contribution in [1.29, 1.82) is 0 Å². The number of benzene rings is 1. The summed E-state index contributed by atoms with van der Waals surface area (Å²) in [4.78, 5) is 4.80. The molecule has 3 rings (SSSR count). The topological polar surface area (TPSA) is 69.9 Å². The van der Waals surface area contributed by atoms with Crippen LogP contribution in [0.5, 0.6) is 0 Å². The van der Waals surface area contributed by atoms with Crippen molar-refractivity contribution >= 4 is 17.8 Å². The van der Waals surface area contributed by atoms with Crippen LogP contribution in [0.15, 0.2) is 18.3 Å². The lowest BCUT2D eigenvalue weighted by molar-refractivity contribution is 0.398. The van der Waals surface area contributed by atoms with Crippen molar-refractivity contribution in [3.8, 4) is 11.3 Å². The fraction of sp³-hybridized carbons (Fsp3) is 0.421. The van der Waals surface area contributed by atoms with Crippen LogP contribution in [-0.2, 0) is 13.0 Å². The number of imidazole rings is 1. The average Bonchev–Trinajstić information content (AvgIpc) is 2.88. The van der Waals surface area contributed by atoms with E-state index in [2.05, 4.69) is 0 Å². The zero-order chi connectivity index (χ0) is 18.0. The van der Waals surface area contributed by atoms with Crippen LogP contribution in [0.2, 0.25) is 5.02 Å². The van der Waals surface area contributed by atoms with Crippen LogP contribution in [0.1, 0.15) is 55.6 Å². The fourth-order valence-corrected chi connectivity index (χ4v) is 3.65. The minimum absolute atomic E-state index is 0.287. The molecule has 1 aliphatic carbocycles. The maximum absolute atomic E-state index is 14.5. The van der Waals surface area contributed by atoms with Crippen molar-refractivity contribution in [2.45, 2.75) is 51.5 Å². The highest BCUT2D eigenvalue weighted by Crippen LogP contribution is 2.39. The van der Waals surface area contributed by atoms with E-state index in [-0.39, 0.29) is 12.4 Å². The van der Waals surface area contributed by atoms with Gasteiger partial charge in [-0.15, -0.1) is 0 Å². The Bertz CT molecular complexity index is 770. The Balaban J connectivity index is 2.13. The molecule has 1 fully saturated rings. The van der Waals surface area contributed by atoms with E-state index in [1.807, 2.05) is 11.5 Å². The molecule has 4 nitrogen and oxygen atoms in total. The third-order valence-electron chi connectivity index (χ3n) is 4.85. The third kappa shape index (κ3) is 3.31. The molecule has 1 aromatic heterocycles. The minimum atomic E-state index is -0.290. The number of rotatable bonds is 6. The molecule has 1 heterocycles. The zero-order valence-electron chi connectivity index (χ0n) is 14.4. The van der Waals surface area contributed by atoms with Crippen LogP contribution >= 0.6 is 11.6 Å². The highest BCUT2D eigenvalue weighted by molar-refractivity contribution is 6.31. The van der Waals surface area contributed by atoms with E-state index in [9.17, 15) is 4.39 Å². The predicted molar refractivity (Wildman–Crippen MR) is 101 cm³/mol. The third-order valence-corrected chi connectivity index (χ3v) is 5.19. The highest BCUT2D eigenvalue weighted by Gasteiger charge is 2.27. The highest BCUT2D eigenvalue weighted by atomic mass is 35.5. The van der Waals surface area contributed by atoms with Crippen molar-refractivity contribution in [3.63, 3.8) is 0 Å². The molecule has 2 aromatic rings. The normalized spacial score (nSPS) is 15.0. The van der Waals surface area contributed by atoms with E-state index in [1.54, 1.807) is 12.3 Å². The number of nitrogens with two attached hydrogens (primary N) is 2. The molecule has 0 radical (unpaired) electrons. The van der Waals surface area contributed by atoms with Crippen LogP contribution < -0.4 is 11.5 Å². The van der Waals surface area contributed by atoms with Gasteiger partial charge in [-0.1, -0.05) is 31.4 Å². The number of halogens is 2. The fourth-order valence-electron chi connectivity index (χ4n) is 3.35. The second-order valence-electron chi connectivity index (χ2n) is 6.48. The number of nitrogens with zero attached hydrogens (tertiary/aromatic N) is 2. The minimum Gasteiger partial charge on any atom is -0.403 e. The Morgan fingerprint density at radius 3 is 2.68 bits per heavy atom. The second kappa shape index (κ2) is 7.58. The van der Waals surface area contributed by atoms with Gasteiger partial charge in [0.2, 0.25) is 0 Å². The van der Waals surface area contributed by atoms with Gasteiger partial charge in [-0.3, -0.25) is 0 Å². The Morgan fingerprint density at radius 2 is 2.16 bits per heavy atom. The first kappa shape index (κ1) is 18.0. The van der Waals surface area contributed by atoms with E-state index in [0.717, 1.165) is 30.8 Å². The van der Waals surface area contributed by atoms with Crippen molar-refractivity contribution < 1.29 is 4.39 Å². The van der Waals surface area contributed by atoms with E-state index >= 15 is 0 Å². The summed E-state index contributed by atoms with van der Waals surface area (Å²) in [6.07, 6.45) is 8.11. The molecule has 0 aliphatic heterocycles. The first-order valence-electron chi connectivity index (χ1n) is 8.78. The zero-order valence-corrected chi connectivity index (χ0v) is 15.2. The SMILES string of the molecule is CCCc1c(F)cc(-c2nc(C3CCC3)n(/C=C\N)c2CN)cc1Cl. The molecule has 1 saturated carbocycles. The van der Waals surface area contributed by atoms with Crippen molar-refractivity contribution in [2.75, 3.05) is 0 Å². The van der Waals surface area contributed by atoms with E-state index < -0.39 is 0 Å². The average molecular weight is 363 g/mol. The van der Waals surface area contributed by atoms with Crippen LogP contribution in [0.4, 0.5) is 4.39 Å². The van der Waals surface area contributed by atoms with Crippen LogP contribution in [0, 0.1) is 5.82 Å². The maximum Gasteiger partial charge on any atom is 0.128 e. The summed E-state index contributed by atoms with van der Waals surface area (Å²) in [7, 11) is 0. The first-order chi connectivity index (χ1) is 12.1. The number of hydrogen-bond acceptors (Lipinski definition) is 3. The molecule has 25 heavy (non-hydrogen) atoms. The Hall–Kier alpha value is -1.85. The Labute approximate surface area is 152 Å². The van der Waals surface area contributed by atoms with Crippen LogP contribution in [0.25, 0.3) is 17.5 Å². The van der Waals surface area contributed by atoms with E-state index in [1.165, 1.54) is 18.7 Å². The van der Waals surface area contributed by atoms with Crippen molar-refractivity contribution in [1.82, 2.24) is 9.55 Å². The van der Waals surface area contributed by atoms with Crippen LogP contribution in [-0.4, -0.2) is 9.55 Å². The molecular weight excluding hydrogens is 339 g/mol. The molecule has 0 saturated heterocycles. The molecule has 6 heteroatoms. The lowest BCUT2D eigenvalue weighted by Gasteiger charge is -2.24. The van der Waals surface area contributed by atoms with E-state index in [4.69, 9.17) is 28.1 Å². The molecular formula is C19H24ClFN4. The van der Waals surface area contributed by atoms with Gasteiger partial charge in [0.15, 0.2) is 0 Å². The first-order valence-corrected chi connectivity index (χ1v) is 9.16. The molecule has 0 bridgehead atoms. The molecule has 0 amide bonds. The predicted octanol–water partition coefficient (Wildman–Crippen LogP) is 4.41. The molecule has 0 spiro atoms. The maximum atomic E-state index is 14.5. The van der Waals surface area contributed by atoms with Crippen molar-refractivity contribution in [2.24, 2.45) is 11.5 Å². The molecule has 4 N–H and O–H groups in total. The largest absolute Gasteiger partial charge is 0.403 e. The Morgan fingerprint density at radius 1 is 1.40 bits per heavy atom. The molecule has 1 aromatic carbocycles. The summed E-state index contributed by atoms with van der Waals surface area (Å²) in [6, 6.07) is 3.30. The van der Waals surface area contributed by atoms with Crippen molar-refractivity contribution in [3.05, 3.63) is 46.3 Å². The van der Waals surface area contributed by atoms with Gasteiger partial charge in [-0.25, -0.2) is 9.37 Å². The monoisotopic (exact) mass is 362 g/mol. The molecule has 134 valence electrons. The molecule has 0 unspecified atom stereocenters. The lowest BCUT2D eigenvalue weighted by Crippen LogP contribution is -2.15. The standard InChI is InChI=1S/C19H24ClFN4/c1-2-4-14-15(20)9-13(10-16(14)21)18-17(11-23)25(8-7-22)19(24-18)12-5-3-6-12/h7-10,12H,2-6,11,22-23H2,1H3/b8-7-. The van der Waals surface area contributed by atoms with Crippen LogP contribution in [0.3, 0.4) is 0 Å². The summed E-state index contributed by atoms with van der Waals surface area (Å²) in [6.45, 7) is 2.29. The molecule has 1 aliphatic rings. The van der Waals surface area contributed by atoms with Gasteiger partial charge >= 0.3 is 0 Å². The van der Waals surface area contributed by atoms with Gasteiger partial charge in [0.05, 0.1) is 11.4 Å². The van der Waals surface area contributed by atoms with Gasteiger partial charge in [0.1, 0.15) is 11.6 Å². The lowest BCUT2D eigenvalue weighted by atomic mass is 9.85. The van der Waals surface area contributed by atoms with Gasteiger partial charge in [0, 0.05) is 41.0 Å². The summed E-state index contributed by atoms with van der Waals surface area (Å²) in [5.74, 6) is 1.05. The summed E-state index contributed by atoms with van der Waals surface area (Å²) in [5.41, 5.74) is 14.3. The Kier molecular flexibility index (Phi) is 5.45.